The van der Waals surface area contributed by atoms with Crippen LogP contribution >= 0.6 is 0 Å². The standard InChI is InChI=1S/C16H26N2O3/c1-12-10-17-15(13(2)16(12)20-3)11-18-6-4-14(5-7-18)21-9-8-19/h10,14,19H,4-9,11H2,1-3H3. The van der Waals surface area contributed by atoms with Crippen LogP contribution < -0.4 is 4.74 Å². The fourth-order valence-electron chi connectivity index (χ4n) is 2.90. The Bertz CT molecular complexity index is 457. The molecular formula is C16H26N2O3. The van der Waals surface area contributed by atoms with Crippen LogP contribution in [0.25, 0.3) is 0 Å². The second-order valence-corrected chi connectivity index (χ2v) is 5.62. The summed E-state index contributed by atoms with van der Waals surface area (Å²) in [5.41, 5.74) is 3.30. The van der Waals surface area contributed by atoms with Crippen molar-refractivity contribution in [1.82, 2.24) is 9.88 Å². The molecule has 0 aromatic carbocycles. The van der Waals surface area contributed by atoms with E-state index in [0.717, 1.165) is 55.0 Å². The molecule has 0 saturated carbocycles. The highest BCUT2D eigenvalue weighted by atomic mass is 16.5. The van der Waals surface area contributed by atoms with Gasteiger partial charge < -0.3 is 14.6 Å². The lowest BCUT2D eigenvalue weighted by molar-refractivity contribution is -0.00922. The number of aliphatic hydroxyl groups is 1. The number of ether oxygens (including phenoxy) is 2. The summed E-state index contributed by atoms with van der Waals surface area (Å²) < 4.78 is 11.1. The second-order valence-electron chi connectivity index (χ2n) is 5.62. The minimum Gasteiger partial charge on any atom is -0.496 e. The summed E-state index contributed by atoms with van der Waals surface area (Å²) in [5, 5.41) is 8.79. The van der Waals surface area contributed by atoms with Crippen LogP contribution in [0.5, 0.6) is 5.75 Å². The van der Waals surface area contributed by atoms with Crippen molar-refractivity contribution in [2.24, 2.45) is 0 Å². The normalized spacial score (nSPS) is 17.1. The maximum Gasteiger partial charge on any atom is 0.128 e. The highest BCUT2D eigenvalue weighted by Crippen LogP contribution is 2.25. The van der Waals surface area contributed by atoms with Crippen LogP contribution in [0.4, 0.5) is 0 Å². The van der Waals surface area contributed by atoms with Crippen LogP contribution in [0.2, 0.25) is 0 Å². The minimum absolute atomic E-state index is 0.104. The number of pyridine rings is 1. The largest absolute Gasteiger partial charge is 0.496 e. The monoisotopic (exact) mass is 294 g/mol. The van der Waals surface area contributed by atoms with Crippen molar-refractivity contribution in [3.05, 3.63) is 23.0 Å². The predicted molar refractivity (Wildman–Crippen MR) is 81.6 cm³/mol. The number of aromatic nitrogens is 1. The Morgan fingerprint density at radius 2 is 2.05 bits per heavy atom. The van der Waals surface area contributed by atoms with E-state index in [4.69, 9.17) is 14.6 Å². The van der Waals surface area contributed by atoms with Gasteiger partial charge >= 0.3 is 0 Å². The van der Waals surface area contributed by atoms with Crippen molar-refractivity contribution >= 4 is 0 Å². The Labute approximate surface area is 126 Å². The maximum absolute atomic E-state index is 8.79. The molecule has 118 valence electrons. The average molecular weight is 294 g/mol. The fraction of sp³-hybridized carbons (Fsp3) is 0.688. The molecule has 0 aliphatic carbocycles. The zero-order valence-corrected chi connectivity index (χ0v) is 13.3. The van der Waals surface area contributed by atoms with Crippen LogP contribution in [-0.4, -0.2) is 54.5 Å². The van der Waals surface area contributed by atoms with Crippen molar-refractivity contribution < 1.29 is 14.6 Å². The molecule has 0 unspecified atom stereocenters. The lowest BCUT2D eigenvalue weighted by atomic mass is 10.1. The molecule has 0 bridgehead atoms. The number of aryl methyl sites for hydroxylation is 1. The molecule has 1 fully saturated rings. The first kappa shape index (κ1) is 16.2. The van der Waals surface area contributed by atoms with Gasteiger partial charge in [-0.15, -0.1) is 0 Å². The van der Waals surface area contributed by atoms with E-state index in [9.17, 15) is 0 Å². The van der Waals surface area contributed by atoms with Gasteiger partial charge in [-0.05, 0) is 26.7 Å². The van der Waals surface area contributed by atoms with Gasteiger partial charge in [0, 0.05) is 37.0 Å². The highest BCUT2D eigenvalue weighted by Gasteiger charge is 2.21. The lowest BCUT2D eigenvalue weighted by Crippen LogP contribution is -2.37. The number of piperidine rings is 1. The van der Waals surface area contributed by atoms with Crippen molar-refractivity contribution in [2.45, 2.75) is 39.3 Å². The van der Waals surface area contributed by atoms with Crippen LogP contribution in [0.3, 0.4) is 0 Å². The number of hydrogen-bond donors (Lipinski definition) is 1. The van der Waals surface area contributed by atoms with Gasteiger partial charge in [-0.25, -0.2) is 0 Å². The topological polar surface area (TPSA) is 54.8 Å². The summed E-state index contributed by atoms with van der Waals surface area (Å²) in [6.07, 6.45) is 4.21. The van der Waals surface area contributed by atoms with Gasteiger partial charge in [-0.3, -0.25) is 9.88 Å². The van der Waals surface area contributed by atoms with Crippen LogP contribution in [0.15, 0.2) is 6.20 Å². The van der Waals surface area contributed by atoms with Gasteiger partial charge in [-0.1, -0.05) is 0 Å². The molecular weight excluding hydrogens is 268 g/mol. The number of rotatable bonds is 6. The Morgan fingerprint density at radius 1 is 1.33 bits per heavy atom. The molecule has 0 amide bonds. The molecule has 1 aromatic heterocycles. The van der Waals surface area contributed by atoms with E-state index in [2.05, 4.69) is 16.8 Å². The summed E-state index contributed by atoms with van der Waals surface area (Å²) >= 11 is 0. The van der Waals surface area contributed by atoms with Crippen molar-refractivity contribution in [3.8, 4) is 5.75 Å². The number of nitrogens with zero attached hydrogens (tertiary/aromatic N) is 2. The van der Waals surface area contributed by atoms with Gasteiger partial charge in [0.2, 0.25) is 0 Å². The molecule has 21 heavy (non-hydrogen) atoms. The molecule has 1 aromatic rings. The van der Waals surface area contributed by atoms with Gasteiger partial charge in [0.15, 0.2) is 0 Å². The molecule has 1 aliphatic heterocycles. The average Bonchev–Trinajstić information content (AvgIpc) is 2.50. The molecule has 0 radical (unpaired) electrons. The number of hydrogen-bond acceptors (Lipinski definition) is 5. The Kier molecular flexibility index (Phi) is 5.96. The molecule has 1 N–H and O–H groups in total. The first-order valence-electron chi connectivity index (χ1n) is 7.59. The van der Waals surface area contributed by atoms with Crippen molar-refractivity contribution in [3.63, 3.8) is 0 Å². The van der Waals surface area contributed by atoms with Crippen molar-refractivity contribution in [1.29, 1.82) is 0 Å². The summed E-state index contributed by atoms with van der Waals surface area (Å²) in [5.74, 6) is 0.946. The van der Waals surface area contributed by atoms with Gasteiger partial charge in [0.25, 0.3) is 0 Å². The van der Waals surface area contributed by atoms with Gasteiger partial charge in [0.05, 0.1) is 32.1 Å². The third kappa shape index (κ3) is 4.15. The summed E-state index contributed by atoms with van der Waals surface area (Å²) in [4.78, 5) is 6.97. The second kappa shape index (κ2) is 7.73. The SMILES string of the molecule is COc1c(C)cnc(CN2CCC(OCCO)CC2)c1C. The Morgan fingerprint density at radius 3 is 2.67 bits per heavy atom. The molecule has 2 rings (SSSR count). The van der Waals surface area contributed by atoms with E-state index in [0.29, 0.717) is 6.61 Å². The van der Waals surface area contributed by atoms with Crippen LogP contribution in [0, 0.1) is 13.8 Å². The molecule has 0 spiro atoms. The van der Waals surface area contributed by atoms with E-state index < -0.39 is 0 Å². The zero-order valence-electron chi connectivity index (χ0n) is 13.3. The van der Waals surface area contributed by atoms with E-state index in [-0.39, 0.29) is 12.7 Å². The number of likely N-dealkylation sites (tertiary alicyclic amines) is 1. The van der Waals surface area contributed by atoms with Gasteiger partial charge in [-0.2, -0.15) is 0 Å². The number of aliphatic hydroxyl groups excluding tert-OH is 1. The van der Waals surface area contributed by atoms with E-state index in [1.807, 2.05) is 13.1 Å². The van der Waals surface area contributed by atoms with Crippen LogP contribution in [0.1, 0.15) is 29.7 Å². The molecule has 5 nitrogen and oxygen atoms in total. The highest BCUT2D eigenvalue weighted by molar-refractivity contribution is 5.41. The van der Waals surface area contributed by atoms with E-state index in [1.54, 1.807) is 7.11 Å². The summed E-state index contributed by atoms with van der Waals surface area (Å²) in [6.45, 7) is 7.51. The molecule has 1 aliphatic rings. The predicted octanol–water partition coefficient (Wildman–Crippen LogP) is 1.68. The molecule has 2 heterocycles. The van der Waals surface area contributed by atoms with Crippen LogP contribution in [-0.2, 0) is 11.3 Å². The van der Waals surface area contributed by atoms with Gasteiger partial charge in [0.1, 0.15) is 5.75 Å². The molecule has 0 atom stereocenters. The third-order valence-electron chi connectivity index (χ3n) is 4.10. The first-order chi connectivity index (χ1) is 10.2. The third-order valence-corrected chi connectivity index (χ3v) is 4.10. The first-order valence-corrected chi connectivity index (χ1v) is 7.59. The number of methoxy groups -OCH3 is 1. The smallest absolute Gasteiger partial charge is 0.128 e. The maximum atomic E-state index is 8.79. The molecule has 5 heteroatoms. The van der Waals surface area contributed by atoms with E-state index in [1.165, 1.54) is 0 Å². The zero-order chi connectivity index (χ0) is 15.2. The van der Waals surface area contributed by atoms with E-state index >= 15 is 0 Å². The molecule has 1 saturated heterocycles. The lowest BCUT2D eigenvalue weighted by Gasteiger charge is -2.32. The summed E-state index contributed by atoms with van der Waals surface area (Å²) in [7, 11) is 1.71. The Hall–Kier alpha value is -1.17. The fourth-order valence-corrected chi connectivity index (χ4v) is 2.90. The Balaban J connectivity index is 1.92. The van der Waals surface area contributed by atoms with Crippen molar-refractivity contribution in [2.75, 3.05) is 33.4 Å². The minimum atomic E-state index is 0.104. The quantitative estimate of drug-likeness (QED) is 0.865. The summed E-state index contributed by atoms with van der Waals surface area (Å²) in [6, 6.07) is 0.